The molecule has 7 nitrogen and oxygen atoms in total. The van der Waals surface area contributed by atoms with Crippen LogP contribution in [-0.4, -0.2) is 28.8 Å². The summed E-state index contributed by atoms with van der Waals surface area (Å²) in [6, 6.07) is 0. The van der Waals surface area contributed by atoms with Crippen LogP contribution < -0.4 is 29.6 Å². The van der Waals surface area contributed by atoms with Crippen molar-refractivity contribution in [3.05, 3.63) is 0 Å². The molecule has 144 valence electrons. The molecule has 0 atom stereocenters. The Labute approximate surface area is 175 Å². The summed E-state index contributed by atoms with van der Waals surface area (Å²) in [6.07, 6.45) is 11.9. The van der Waals surface area contributed by atoms with Crippen LogP contribution in [0.2, 0.25) is 0 Å². The molecule has 0 aliphatic heterocycles. The van der Waals surface area contributed by atoms with Gasteiger partial charge in [-0.1, -0.05) is 64.7 Å². The van der Waals surface area contributed by atoms with Gasteiger partial charge in [0, 0.05) is 6.61 Å². The van der Waals surface area contributed by atoms with E-state index in [0.717, 1.165) is 12.8 Å². The predicted octanol–water partition coefficient (Wildman–Crippen LogP) is 1.09. The topological polar surface area (TPSA) is 118 Å². The van der Waals surface area contributed by atoms with Crippen LogP contribution in [-0.2, 0) is 33.2 Å². The Kier molecular flexibility index (Phi) is 28.2. The van der Waals surface area contributed by atoms with Gasteiger partial charge in [0.25, 0.3) is 0 Å². The SMILES string of the molecule is CCCCCCCCCCCCO[S-](=O)=O.O=C(O)CCC(=O)O.[Na+]. The molecule has 0 saturated heterocycles. The van der Waals surface area contributed by atoms with Crippen LogP contribution in [0.5, 0.6) is 0 Å². The molecule has 2 N–H and O–H groups in total. The molecule has 0 radical (unpaired) electrons. The average molecular weight is 390 g/mol. The minimum atomic E-state index is -2.33. The Hall–Kier alpha value is -0.150. The quantitative estimate of drug-likeness (QED) is 0.244. The van der Waals surface area contributed by atoms with Crippen LogP contribution in [0.15, 0.2) is 0 Å². The summed E-state index contributed by atoms with van der Waals surface area (Å²) >= 11 is 0. The van der Waals surface area contributed by atoms with Gasteiger partial charge in [0.05, 0.1) is 23.8 Å². The average Bonchev–Trinajstić information content (AvgIpc) is 2.51. The Balaban J connectivity index is -0.000000457. The van der Waals surface area contributed by atoms with Gasteiger partial charge >= 0.3 is 41.5 Å². The van der Waals surface area contributed by atoms with E-state index in [1.165, 1.54) is 51.4 Å². The van der Waals surface area contributed by atoms with E-state index in [1.54, 1.807) is 0 Å². The molecule has 0 amide bonds. The number of carboxylic acids is 2. The Morgan fingerprint density at radius 3 is 1.44 bits per heavy atom. The molecule has 0 aromatic carbocycles. The molecule has 0 heterocycles. The van der Waals surface area contributed by atoms with Crippen LogP contribution >= 0.6 is 0 Å². The summed E-state index contributed by atoms with van der Waals surface area (Å²) in [5.74, 6) is -2.15. The number of aliphatic carboxylic acids is 2. The van der Waals surface area contributed by atoms with Crippen LogP contribution in [0.3, 0.4) is 0 Å². The van der Waals surface area contributed by atoms with Gasteiger partial charge in [-0.05, 0) is 6.42 Å². The first-order valence-corrected chi connectivity index (χ1v) is 9.56. The number of unbranched alkanes of at least 4 members (excludes halogenated alkanes) is 9. The largest absolute Gasteiger partial charge is 1.00 e. The molecule has 9 heteroatoms. The predicted molar refractivity (Wildman–Crippen MR) is 91.0 cm³/mol. The Morgan fingerprint density at radius 2 is 1.12 bits per heavy atom. The molecule has 0 saturated carbocycles. The second-order valence-corrected chi connectivity index (χ2v) is 6.14. The fourth-order valence-electron chi connectivity index (χ4n) is 1.93. The van der Waals surface area contributed by atoms with Crippen molar-refractivity contribution in [3.8, 4) is 0 Å². The zero-order chi connectivity index (χ0) is 18.6. The number of carboxylic acid groups (broad SMARTS) is 2. The summed E-state index contributed by atoms with van der Waals surface area (Å²) in [5, 5.41) is 15.8. The van der Waals surface area contributed by atoms with Gasteiger partial charge in [0.2, 0.25) is 0 Å². The molecule has 25 heavy (non-hydrogen) atoms. The third-order valence-corrected chi connectivity index (χ3v) is 3.59. The monoisotopic (exact) mass is 390 g/mol. The number of hydrogen-bond donors (Lipinski definition) is 2. The van der Waals surface area contributed by atoms with Crippen molar-refractivity contribution >= 4 is 22.9 Å². The first-order chi connectivity index (χ1) is 11.4. The molecule has 0 rings (SSSR count). The van der Waals surface area contributed by atoms with E-state index in [0.29, 0.717) is 6.61 Å². The molecular formula is C16H31NaO7S. The van der Waals surface area contributed by atoms with Crippen molar-refractivity contribution in [3.63, 3.8) is 0 Å². The molecule has 0 aliphatic carbocycles. The third kappa shape index (κ3) is 35.7. The Bertz CT molecular complexity index is 365. The van der Waals surface area contributed by atoms with E-state index in [4.69, 9.17) is 10.2 Å². The van der Waals surface area contributed by atoms with Gasteiger partial charge < -0.3 is 22.8 Å². The van der Waals surface area contributed by atoms with Gasteiger partial charge in [0.15, 0.2) is 0 Å². The minimum absolute atomic E-state index is 0. The van der Waals surface area contributed by atoms with Gasteiger partial charge in [-0.25, -0.2) is 0 Å². The minimum Gasteiger partial charge on any atom is -0.481 e. The van der Waals surface area contributed by atoms with E-state index < -0.39 is 22.9 Å². The van der Waals surface area contributed by atoms with Gasteiger partial charge in [0.1, 0.15) is 0 Å². The maximum absolute atomic E-state index is 10.0. The van der Waals surface area contributed by atoms with Crippen LogP contribution in [0, 0.1) is 0 Å². The maximum Gasteiger partial charge on any atom is 1.00 e. The number of carbonyl (C=O) groups is 2. The van der Waals surface area contributed by atoms with E-state index in [1.807, 2.05) is 0 Å². The first-order valence-electron chi connectivity index (χ1n) is 8.56. The third-order valence-electron chi connectivity index (χ3n) is 3.23. The van der Waals surface area contributed by atoms with Gasteiger partial charge in [-0.3, -0.25) is 9.59 Å². The standard InChI is InChI=1S/C12H25O3S.C4H6O4.Na/c1-2-3-4-5-6-7-8-9-10-11-12-15-16(13)14;5-3(6)1-2-4(7)8;/h2-12H2,1H3;1-2H2,(H,5,6)(H,7,8);/q-1;;+1. The fourth-order valence-corrected chi connectivity index (χ4v) is 2.18. The zero-order valence-electron chi connectivity index (χ0n) is 15.5. The summed E-state index contributed by atoms with van der Waals surface area (Å²) in [5.41, 5.74) is 0. The van der Waals surface area contributed by atoms with Crippen molar-refractivity contribution in [1.29, 1.82) is 0 Å². The van der Waals surface area contributed by atoms with Crippen molar-refractivity contribution in [2.75, 3.05) is 6.61 Å². The van der Waals surface area contributed by atoms with Crippen molar-refractivity contribution < 1.29 is 62.0 Å². The van der Waals surface area contributed by atoms with Gasteiger partial charge in [-0.15, -0.1) is 0 Å². The normalized spacial score (nSPS) is 9.84. The van der Waals surface area contributed by atoms with E-state index in [9.17, 15) is 18.0 Å². The summed E-state index contributed by atoms with van der Waals surface area (Å²) < 4.78 is 24.5. The van der Waals surface area contributed by atoms with Crippen LogP contribution in [0.1, 0.15) is 84.0 Å². The molecule has 0 aromatic rings. The van der Waals surface area contributed by atoms with E-state index >= 15 is 0 Å². The molecule has 0 spiro atoms. The van der Waals surface area contributed by atoms with Crippen LogP contribution in [0.4, 0.5) is 0 Å². The van der Waals surface area contributed by atoms with E-state index in [-0.39, 0.29) is 42.4 Å². The molecule has 0 unspecified atom stereocenters. The second kappa shape index (κ2) is 23.9. The summed E-state index contributed by atoms with van der Waals surface area (Å²) in [6.45, 7) is 2.57. The van der Waals surface area contributed by atoms with E-state index in [2.05, 4.69) is 11.1 Å². The molecule has 0 bridgehead atoms. The van der Waals surface area contributed by atoms with Gasteiger partial charge in [-0.2, -0.15) is 0 Å². The van der Waals surface area contributed by atoms with Crippen molar-refractivity contribution in [2.24, 2.45) is 0 Å². The number of rotatable bonds is 15. The zero-order valence-corrected chi connectivity index (χ0v) is 18.4. The first kappa shape index (κ1) is 29.6. The fraction of sp³-hybridized carbons (Fsp3) is 0.875. The Morgan fingerprint density at radius 1 is 0.760 bits per heavy atom. The summed E-state index contributed by atoms with van der Waals surface area (Å²) in [4.78, 5) is 19.3. The second-order valence-electron chi connectivity index (χ2n) is 5.50. The molecule has 0 aromatic heterocycles. The molecule has 0 aliphatic rings. The van der Waals surface area contributed by atoms with Crippen molar-refractivity contribution in [1.82, 2.24) is 0 Å². The molecular weight excluding hydrogens is 359 g/mol. The van der Waals surface area contributed by atoms with Crippen LogP contribution in [0.25, 0.3) is 0 Å². The smallest absolute Gasteiger partial charge is 0.481 e. The van der Waals surface area contributed by atoms with Crippen molar-refractivity contribution in [2.45, 2.75) is 84.0 Å². The number of hydrogen-bond acceptors (Lipinski definition) is 6. The molecule has 0 fully saturated rings. The maximum atomic E-state index is 10.0. The summed E-state index contributed by atoms with van der Waals surface area (Å²) in [7, 11) is -2.33.